The van der Waals surface area contributed by atoms with E-state index in [9.17, 15) is 9.90 Å². The van der Waals surface area contributed by atoms with Gasteiger partial charge < -0.3 is 9.84 Å². The van der Waals surface area contributed by atoms with Gasteiger partial charge in [-0.05, 0) is 35.4 Å². The highest BCUT2D eigenvalue weighted by Gasteiger charge is 2.23. The normalized spacial score (nSPS) is 20.3. The summed E-state index contributed by atoms with van der Waals surface area (Å²) in [6.07, 6.45) is 1.07. The van der Waals surface area contributed by atoms with E-state index in [1.165, 1.54) is 18.2 Å². The van der Waals surface area contributed by atoms with Gasteiger partial charge in [0.15, 0.2) is 6.10 Å². The number of rotatable bonds is 2. The maximum atomic E-state index is 11.2. The Morgan fingerprint density at radius 1 is 1.56 bits per heavy atom. The quantitative estimate of drug-likeness (QED) is 0.775. The molecule has 0 heterocycles. The summed E-state index contributed by atoms with van der Waals surface area (Å²) in [5.74, 6) is -0.0922. The second-order valence-electron chi connectivity index (χ2n) is 4.32. The number of methoxy groups -OCH3 is 1. The van der Waals surface area contributed by atoms with E-state index in [1.54, 1.807) is 6.07 Å². The fourth-order valence-electron chi connectivity index (χ4n) is 2.25. The molecule has 0 aliphatic heterocycles. The molecule has 1 N–H and O–H groups in total. The van der Waals surface area contributed by atoms with E-state index in [2.05, 4.69) is 11.7 Å². The van der Waals surface area contributed by atoms with Crippen LogP contribution in [0.2, 0.25) is 0 Å². The maximum absolute atomic E-state index is 11.2. The van der Waals surface area contributed by atoms with Gasteiger partial charge in [0.05, 0.1) is 7.11 Å². The van der Waals surface area contributed by atoms with Crippen LogP contribution in [-0.2, 0) is 16.0 Å². The van der Waals surface area contributed by atoms with Crippen LogP contribution in [0.1, 0.15) is 42.1 Å². The number of carbonyl (C=O) groups excluding carboxylic acids is 1. The molecule has 3 nitrogen and oxygen atoms in total. The zero-order valence-electron chi connectivity index (χ0n) is 9.56. The van der Waals surface area contributed by atoms with Crippen LogP contribution in [0, 0.1) is 0 Å². The molecule has 0 radical (unpaired) electrons. The van der Waals surface area contributed by atoms with Crippen molar-refractivity contribution in [1.82, 2.24) is 0 Å². The van der Waals surface area contributed by atoms with Crippen molar-refractivity contribution in [2.75, 3.05) is 7.11 Å². The number of aliphatic hydroxyl groups excluding tert-OH is 1. The lowest BCUT2D eigenvalue weighted by Gasteiger charge is -2.11. The van der Waals surface area contributed by atoms with Crippen LogP contribution >= 0.6 is 0 Å². The van der Waals surface area contributed by atoms with Gasteiger partial charge in [0.2, 0.25) is 0 Å². The second kappa shape index (κ2) is 4.26. The number of ether oxygens (including phenoxy) is 1. The first-order chi connectivity index (χ1) is 7.63. The number of esters is 1. The van der Waals surface area contributed by atoms with Gasteiger partial charge in [-0.2, -0.15) is 0 Å². The van der Waals surface area contributed by atoms with Gasteiger partial charge in [0.1, 0.15) is 0 Å². The zero-order valence-corrected chi connectivity index (χ0v) is 9.56. The molecule has 1 aliphatic rings. The minimum atomic E-state index is -1.16. The first-order valence-electron chi connectivity index (χ1n) is 5.52. The van der Waals surface area contributed by atoms with E-state index in [0.29, 0.717) is 11.5 Å². The minimum Gasteiger partial charge on any atom is -0.467 e. The van der Waals surface area contributed by atoms with Crippen LogP contribution in [0.5, 0.6) is 0 Å². The Kier molecular flexibility index (Phi) is 2.97. The van der Waals surface area contributed by atoms with Crippen LogP contribution in [-0.4, -0.2) is 18.2 Å². The molecule has 3 heteroatoms. The van der Waals surface area contributed by atoms with Crippen molar-refractivity contribution in [2.24, 2.45) is 0 Å². The molecule has 2 unspecified atom stereocenters. The largest absolute Gasteiger partial charge is 0.467 e. The standard InChI is InChI=1S/C13H16O3/c1-8-3-4-9-5-6-10(7-11(8)9)12(14)13(15)16-2/h5-8,12,14H,3-4H2,1-2H3. The first-order valence-corrected chi connectivity index (χ1v) is 5.52. The van der Waals surface area contributed by atoms with E-state index < -0.39 is 12.1 Å². The molecule has 1 aromatic rings. The lowest BCUT2D eigenvalue weighted by Crippen LogP contribution is -2.13. The van der Waals surface area contributed by atoms with Crippen LogP contribution in [0.3, 0.4) is 0 Å². The summed E-state index contributed by atoms with van der Waals surface area (Å²) in [6, 6.07) is 5.73. The molecule has 0 fully saturated rings. The molecular formula is C13H16O3. The molecule has 16 heavy (non-hydrogen) atoms. The van der Waals surface area contributed by atoms with Gasteiger partial charge in [-0.3, -0.25) is 0 Å². The van der Waals surface area contributed by atoms with Gasteiger partial charge in [-0.25, -0.2) is 4.79 Å². The number of fused-ring (bicyclic) bond motifs is 1. The Bertz CT molecular complexity index is 412. The highest BCUT2D eigenvalue weighted by atomic mass is 16.5. The molecule has 0 aromatic heterocycles. The Balaban J connectivity index is 2.31. The van der Waals surface area contributed by atoms with Gasteiger partial charge in [-0.15, -0.1) is 0 Å². The summed E-state index contributed by atoms with van der Waals surface area (Å²) in [5.41, 5.74) is 3.20. The summed E-state index contributed by atoms with van der Waals surface area (Å²) in [6.45, 7) is 2.17. The van der Waals surface area contributed by atoms with Gasteiger partial charge in [-0.1, -0.05) is 25.1 Å². The van der Waals surface area contributed by atoms with Gasteiger partial charge in [0.25, 0.3) is 0 Å². The van der Waals surface area contributed by atoms with Crippen molar-refractivity contribution < 1.29 is 14.6 Å². The third kappa shape index (κ3) is 1.83. The molecule has 2 atom stereocenters. The number of carbonyl (C=O) groups is 1. The number of aliphatic hydroxyl groups is 1. The predicted molar refractivity (Wildman–Crippen MR) is 60.2 cm³/mol. The van der Waals surface area contributed by atoms with E-state index in [0.717, 1.165) is 12.8 Å². The Morgan fingerprint density at radius 3 is 3.00 bits per heavy atom. The smallest absolute Gasteiger partial charge is 0.339 e. The lowest BCUT2D eigenvalue weighted by atomic mass is 9.98. The molecule has 0 saturated carbocycles. The molecule has 86 valence electrons. The lowest BCUT2D eigenvalue weighted by molar-refractivity contribution is -0.150. The number of benzene rings is 1. The molecule has 2 rings (SSSR count). The first kappa shape index (κ1) is 11.1. The average molecular weight is 220 g/mol. The van der Waals surface area contributed by atoms with Crippen LogP contribution in [0.25, 0.3) is 0 Å². The average Bonchev–Trinajstić information content (AvgIpc) is 2.68. The van der Waals surface area contributed by atoms with Gasteiger partial charge in [0, 0.05) is 0 Å². The molecule has 0 spiro atoms. The molecule has 0 saturated heterocycles. The van der Waals surface area contributed by atoms with E-state index in [4.69, 9.17) is 0 Å². The third-order valence-electron chi connectivity index (χ3n) is 3.29. The SMILES string of the molecule is COC(=O)C(O)c1ccc2c(c1)C(C)CC2. The predicted octanol–water partition coefficient (Wildman–Crippen LogP) is 1.94. The van der Waals surface area contributed by atoms with Crippen LogP contribution in [0.15, 0.2) is 18.2 Å². The highest BCUT2D eigenvalue weighted by molar-refractivity contribution is 5.76. The topological polar surface area (TPSA) is 46.5 Å². The van der Waals surface area contributed by atoms with Crippen LogP contribution in [0.4, 0.5) is 0 Å². The fraction of sp³-hybridized carbons (Fsp3) is 0.462. The van der Waals surface area contributed by atoms with Crippen molar-refractivity contribution in [2.45, 2.75) is 31.8 Å². The third-order valence-corrected chi connectivity index (χ3v) is 3.29. The Morgan fingerprint density at radius 2 is 2.31 bits per heavy atom. The molecule has 0 bridgehead atoms. The van der Waals surface area contributed by atoms with Crippen molar-refractivity contribution in [3.8, 4) is 0 Å². The van der Waals surface area contributed by atoms with Crippen molar-refractivity contribution in [1.29, 1.82) is 0 Å². The Labute approximate surface area is 95.0 Å². The second-order valence-corrected chi connectivity index (χ2v) is 4.32. The number of aryl methyl sites for hydroxylation is 1. The van der Waals surface area contributed by atoms with Crippen molar-refractivity contribution >= 4 is 5.97 Å². The molecule has 0 amide bonds. The Hall–Kier alpha value is -1.35. The summed E-state index contributed by atoms with van der Waals surface area (Å²) in [5, 5.41) is 9.73. The summed E-state index contributed by atoms with van der Waals surface area (Å²) in [7, 11) is 1.28. The van der Waals surface area contributed by atoms with Crippen molar-refractivity contribution in [3.05, 3.63) is 34.9 Å². The molecule has 1 aliphatic carbocycles. The van der Waals surface area contributed by atoms with E-state index >= 15 is 0 Å². The van der Waals surface area contributed by atoms with E-state index in [-0.39, 0.29) is 0 Å². The minimum absolute atomic E-state index is 0.514. The number of hydrogen-bond donors (Lipinski definition) is 1. The maximum Gasteiger partial charge on any atom is 0.339 e. The fourth-order valence-corrected chi connectivity index (χ4v) is 2.25. The highest BCUT2D eigenvalue weighted by Crippen LogP contribution is 2.34. The van der Waals surface area contributed by atoms with Crippen molar-refractivity contribution in [3.63, 3.8) is 0 Å². The van der Waals surface area contributed by atoms with Crippen LogP contribution < -0.4 is 0 Å². The number of hydrogen-bond acceptors (Lipinski definition) is 3. The zero-order chi connectivity index (χ0) is 11.7. The summed E-state index contributed by atoms with van der Waals surface area (Å²) < 4.78 is 4.52. The molecular weight excluding hydrogens is 204 g/mol. The summed E-state index contributed by atoms with van der Waals surface area (Å²) in [4.78, 5) is 11.2. The molecule has 1 aromatic carbocycles. The van der Waals surface area contributed by atoms with E-state index in [1.807, 2.05) is 12.1 Å². The van der Waals surface area contributed by atoms with Gasteiger partial charge >= 0.3 is 5.97 Å². The summed E-state index contributed by atoms with van der Waals surface area (Å²) >= 11 is 0. The monoisotopic (exact) mass is 220 g/mol.